The molecule has 0 rings (SSSR count). The van der Waals surface area contributed by atoms with Crippen molar-refractivity contribution in [3.05, 3.63) is 12.2 Å². The number of carbonyl (C=O) groups excluding carboxylic acids is 2. The van der Waals surface area contributed by atoms with E-state index in [1.807, 2.05) is 0 Å². The molecule has 0 aromatic carbocycles. The molecule has 2 atom stereocenters. The molecular weight excluding hydrogens is 569 g/mol. The average Bonchev–Trinajstić information content (AvgIpc) is 2.99. The van der Waals surface area contributed by atoms with Crippen LogP contribution in [0.3, 0.4) is 0 Å². The molecule has 0 fully saturated rings. The number of phosphoric ester groups is 1. The van der Waals surface area contributed by atoms with Gasteiger partial charge in [0.1, 0.15) is 12.7 Å². The van der Waals surface area contributed by atoms with Gasteiger partial charge in [-0.3, -0.25) is 18.6 Å². The molecular formula is C33H64NO8P. The van der Waals surface area contributed by atoms with E-state index in [0.29, 0.717) is 6.42 Å². The molecule has 0 spiro atoms. The van der Waals surface area contributed by atoms with Crippen LogP contribution in [0, 0.1) is 0 Å². The van der Waals surface area contributed by atoms with Crippen LogP contribution in [0.4, 0.5) is 0 Å². The first-order valence-corrected chi connectivity index (χ1v) is 18.7. The number of rotatable bonds is 32. The van der Waals surface area contributed by atoms with Crippen LogP contribution in [0.2, 0.25) is 0 Å². The minimum absolute atomic E-state index is 0.0811. The van der Waals surface area contributed by atoms with Crippen molar-refractivity contribution in [1.29, 1.82) is 0 Å². The topological polar surface area (TPSA) is 131 Å². The number of phosphoric acid groups is 1. The second-order valence-corrected chi connectivity index (χ2v) is 12.9. The molecule has 254 valence electrons. The standard InChI is InChI=1S/C33H64NO8P/c1-3-5-7-9-10-11-12-13-14-15-16-17-18-19-20-21-22-24-26-33(37)40-29-31(35)30-42-43(38,39)41-28-27-34-32(36)25-23-8-6-4-2/h14-15,31,35H,3-13,16-30H2,1-2H3,(H,34,36)(H,38,39)/b15-14-. The fourth-order valence-electron chi connectivity index (χ4n) is 4.55. The van der Waals surface area contributed by atoms with Gasteiger partial charge in [-0.1, -0.05) is 116 Å². The number of hydrogen-bond acceptors (Lipinski definition) is 7. The summed E-state index contributed by atoms with van der Waals surface area (Å²) in [6, 6.07) is 0. The third-order valence-corrected chi connectivity index (χ3v) is 8.18. The van der Waals surface area contributed by atoms with Crippen LogP contribution in [0.15, 0.2) is 12.2 Å². The lowest BCUT2D eigenvalue weighted by molar-refractivity contribution is -0.147. The fourth-order valence-corrected chi connectivity index (χ4v) is 5.31. The maximum Gasteiger partial charge on any atom is 0.472 e. The molecule has 2 unspecified atom stereocenters. The van der Waals surface area contributed by atoms with Gasteiger partial charge in [-0.2, -0.15) is 0 Å². The van der Waals surface area contributed by atoms with Crippen LogP contribution in [0.5, 0.6) is 0 Å². The number of nitrogens with one attached hydrogen (secondary N) is 1. The molecule has 0 aromatic rings. The average molecular weight is 634 g/mol. The van der Waals surface area contributed by atoms with Gasteiger partial charge in [-0.15, -0.1) is 0 Å². The van der Waals surface area contributed by atoms with E-state index >= 15 is 0 Å². The highest BCUT2D eigenvalue weighted by Gasteiger charge is 2.23. The van der Waals surface area contributed by atoms with Gasteiger partial charge in [0.15, 0.2) is 0 Å². The van der Waals surface area contributed by atoms with Crippen molar-refractivity contribution in [2.24, 2.45) is 0 Å². The highest BCUT2D eigenvalue weighted by atomic mass is 31.2. The Hall–Kier alpha value is -1.25. The summed E-state index contributed by atoms with van der Waals surface area (Å²) in [5.41, 5.74) is 0. The van der Waals surface area contributed by atoms with Crippen LogP contribution in [-0.4, -0.2) is 54.3 Å². The van der Waals surface area contributed by atoms with Gasteiger partial charge >= 0.3 is 13.8 Å². The minimum atomic E-state index is -4.39. The molecule has 0 bridgehead atoms. The van der Waals surface area contributed by atoms with Crippen molar-refractivity contribution >= 4 is 19.7 Å². The van der Waals surface area contributed by atoms with E-state index in [0.717, 1.165) is 44.9 Å². The van der Waals surface area contributed by atoms with Crippen LogP contribution in [0.1, 0.15) is 155 Å². The van der Waals surface area contributed by atoms with Gasteiger partial charge < -0.3 is 20.1 Å². The molecule has 9 nitrogen and oxygen atoms in total. The Kier molecular flexibility index (Phi) is 29.9. The summed E-state index contributed by atoms with van der Waals surface area (Å²) in [4.78, 5) is 33.3. The number of ether oxygens (including phenoxy) is 1. The Morgan fingerprint density at radius 3 is 1.77 bits per heavy atom. The zero-order chi connectivity index (χ0) is 31.9. The smallest absolute Gasteiger partial charge is 0.463 e. The second kappa shape index (κ2) is 30.8. The molecule has 0 saturated carbocycles. The number of allylic oxidation sites excluding steroid dienone is 2. The Labute approximate surface area is 262 Å². The van der Waals surface area contributed by atoms with Gasteiger partial charge in [0.05, 0.1) is 13.2 Å². The Morgan fingerprint density at radius 1 is 0.698 bits per heavy atom. The summed E-state index contributed by atoms with van der Waals surface area (Å²) in [6.07, 6.45) is 27.7. The predicted octanol–water partition coefficient (Wildman–Crippen LogP) is 8.32. The van der Waals surface area contributed by atoms with Crippen molar-refractivity contribution in [3.8, 4) is 0 Å². The number of carbonyl (C=O) groups is 2. The number of aliphatic hydroxyl groups is 1. The fraction of sp³-hybridized carbons (Fsp3) is 0.879. The van der Waals surface area contributed by atoms with Crippen molar-refractivity contribution in [2.45, 2.75) is 161 Å². The zero-order valence-corrected chi connectivity index (χ0v) is 28.3. The molecule has 43 heavy (non-hydrogen) atoms. The molecule has 10 heteroatoms. The third kappa shape index (κ3) is 32.0. The molecule has 0 radical (unpaired) electrons. The number of aliphatic hydroxyl groups excluding tert-OH is 1. The summed E-state index contributed by atoms with van der Waals surface area (Å²) in [6.45, 7) is 3.40. The van der Waals surface area contributed by atoms with Crippen LogP contribution in [0.25, 0.3) is 0 Å². The maximum absolute atomic E-state index is 11.9. The largest absolute Gasteiger partial charge is 0.472 e. The van der Waals surface area contributed by atoms with Gasteiger partial charge in [0.25, 0.3) is 0 Å². The van der Waals surface area contributed by atoms with E-state index in [2.05, 4.69) is 31.3 Å². The molecule has 0 aromatic heterocycles. The van der Waals surface area contributed by atoms with Crippen molar-refractivity contribution in [3.63, 3.8) is 0 Å². The Bertz CT molecular complexity index is 734. The molecule has 0 saturated heterocycles. The highest BCUT2D eigenvalue weighted by Crippen LogP contribution is 2.42. The SMILES string of the molecule is CCCCCCCCC/C=C\CCCCCCCCCC(=O)OCC(O)COP(=O)(O)OCCNC(=O)CCCCCC. The lowest BCUT2D eigenvalue weighted by Crippen LogP contribution is -2.27. The first-order valence-electron chi connectivity index (χ1n) is 17.2. The van der Waals surface area contributed by atoms with Crippen LogP contribution < -0.4 is 5.32 Å². The van der Waals surface area contributed by atoms with Gasteiger partial charge in [-0.25, -0.2) is 4.57 Å². The summed E-state index contributed by atoms with van der Waals surface area (Å²) in [5.74, 6) is -0.537. The zero-order valence-electron chi connectivity index (χ0n) is 27.4. The second-order valence-electron chi connectivity index (χ2n) is 11.5. The van der Waals surface area contributed by atoms with E-state index in [-0.39, 0.29) is 32.1 Å². The summed E-state index contributed by atoms with van der Waals surface area (Å²) < 4.78 is 26.5. The van der Waals surface area contributed by atoms with E-state index < -0.39 is 26.5 Å². The number of unbranched alkanes of at least 4 members (excludes halogenated alkanes) is 17. The van der Waals surface area contributed by atoms with Crippen molar-refractivity contribution in [1.82, 2.24) is 5.32 Å². The lowest BCUT2D eigenvalue weighted by atomic mass is 10.1. The van der Waals surface area contributed by atoms with E-state index in [4.69, 9.17) is 13.8 Å². The summed E-state index contributed by atoms with van der Waals surface area (Å²) >= 11 is 0. The molecule has 1 amide bonds. The summed E-state index contributed by atoms with van der Waals surface area (Å²) in [5, 5.41) is 12.5. The minimum Gasteiger partial charge on any atom is -0.463 e. The van der Waals surface area contributed by atoms with Crippen molar-refractivity contribution < 1.29 is 37.9 Å². The number of amides is 1. The number of esters is 1. The quantitative estimate of drug-likeness (QED) is 0.0292. The predicted molar refractivity (Wildman–Crippen MR) is 174 cm³/mol. The van der Waals surface area contributed by atoms with Crippen molar-refractivity contribution in [2.75, 3.05) is 26.4 Å². The van der Waals surface area contributed by atoms with E-state index in [9.17, 15) is 24.2 Å². The van der Waals surface area contributed by atoms with Gasteiger partial charge in [0, 0.05) is 19.4 Å². The monoisotopic (exact) mass is 633 g/mol. The normalized spacial score (nSPS) is 13.7. The molecule has 0 aliphatic heterocycles. The van der Waals surface area contributed by atoms with Crippen LogP contribution >= 0.6 is 7.82 Å². The van der Waals surface area contributed by atoms with E-state index in [1.54, 1.807) is 0 Å². The molecule has 3 N–H and O–H groups in total. The molecule has 0 aliphatic rings. The highest BCUT2D eigenvalue weighted by molar-refractivity contribution is 7.47. The third-order valence-electron chi connectivity index (χ3n) is 7.20. The molecule has 0 heterocycles. The first-order chi connectivity index (χ1) is 20.8. The van der Waals surface area contributed by atoms with Crippen LogP contribution in [-0.2, 0) is 27.9 Å². The van der Waals surface area contributed by atoms with Gasteiger partial charge in [-0.05, 0) is 38.5 Å². The Morgan fingerprint density at radius 2 is 1.19 bits per heavy atom. The first kappa shape index (κ1) is 41.8. The summed E-state index contributed by atoms with van der Waals surface area (Å²) in [7, 11) is -4.39. The van der Waals surface area contributed by atoms with E-state index in [1.165, 1.54) is 83.5 Å². The van der Waals surface area contributed by atoms with Gasteiger partial charge in [0.2, 0.25) is 5.91 Å². The number of hydrogen-bond donors (Lipinski definition) is 3. The molecule has 0 aliphatic carbocycles. The Balaban J connectivity index is 3.58. The lowest BCUT2D eigenvalue weighted by Gasteiger charge is -2.15. The maximum atomic E-state index is 11.9.